The Hall–Kier alpha value is -3.22. The summed E-state index contributed by atoms with van der Waals surface area (Å²) in [4.78, 5) is 38.5. The van der Waals surface area contributed by atoms with Crippen molar-refractivity contribution in [3.63, 3.8) is 0 Å². The van der Waals surface area contributed by atoms with Crippen molar-refractivity contribution in [2.45, 2.75) is 97.7 Å². The van der Waals surface area contributed by atoms with Crippen LogP contribution in [0.1, 0.15) is 76.7 Å². The SMILES string of the molecule is CC[C@H](C)[C@@H](CN(C)C)NC(=O)c1cc(-c2cccc(CN3O[C@@H](CO)[C@@H]([C@H](C)O)[C@H]3C(=O)N[C@H]3C[C@H]4C[C@@H]([C@@H]3C)C4(C)C)c2OC)cc(N(C)C)c1. The Kier molecular flexibility index (Phi) is 12.9. The first-order valence-electron chi connectivity index (χ1n) is 19.5. The number of aliphatic hydroxyl groups excluding tert-OH is 2. The highest BCUT2D eigenvalue weighted by atomic mass is 16.7. The van der Waals surface area contributed by atoms with Crippen LogP contribution in [0.25, 0.3) is 11.1 Å². The van der Waals surface area contributed by atoms with Gasteiger partial charge in [-0.3, -0.25) is 14.4 Å². The smallest absolute Gasteiger partial charge is 0.251 e. The van der Waals surface area contributed by atoms with Gasteiger partial charge in [-0.1, -0.05) is 59.2 Å². The van der Waals surface area contributed by atoms with Gasteiger partial charge in [0.2, 0.25) is 5.91 Å². The molecule has 0 radical (unpaired) electrons. The number of nitrogens with zero attached hydrogens (tertiary/aromatic N) is 3. The van der Waals surface area contributed by atoms with Crippen LogP contribution >= 0.6 is 0 Å². The van der Waals surface area contributed by atoms with E-state index in [2.05, 4.69) is 50.2 Å². The molecule has 11 heteroatoms. The number of fused-ring (bicyclic) bond motifs is 2. The molecule has 53 heavy (non-hydrogen) atoms. The molecule has 0 spiro atoms. The Bertz CT molecular complexity index is 1600. The van der Waals surface area contributed by atoms with E-state index in [1.165, 1.54) is 6.42 Å². The van der Waals surface area contributed by atoms with Crippen LogP contribution in [0.15, 0.2) is 36.4 Å². The van der Waals surface area contributed by atoms with Gasteiger partial charge in [0.15, 0.2) is 0 Å². The molecule has 2 aromatic carbocycles. The summed E-state index contributed by atoms with van der Waals surface area (Å²) < 4.78 is 6.09. The molecule has 6 rings (SSSR count). The van der Waals surface area contributed by atoms with E-state index in [1.54, 1.807) is 19.1 Å². The Labute approximate surface area is 317 Å². The predicted molar refractivity (Wildman–Crippen MR) is 210 cm³/mol. The first kappa shape index (κ1) is 41.0. The van der Waals surface area contributed by atoms with Crippen molar-refractivity contribution in [1.29, 1.82) is 0 Å². The number of nitrogens with one attached hydrogen (secondary N) is 2. The lowest BCUT2D eigenvalue weighted by atomic mass is 9.45. The standard InChI is InChI=1S/C42H65N5O6/c1-12-24(2)35(22-45(7)8)44-40(50)29-16-28(17-31(18-29)46(9)10)32-15-13-14-27(39(32)52-11)21-47-38(37(26(4)49)36(23-48)53-47)41(51)43-34-20-30-19-33(25(34)3)42(30,5)6/h13-18,24-26,30,33-38,48-49H,12,19-23H2,1-11H3,(H,43,51)(H,44,50)/t24-,25-,26-,30+,33-,34-,35+,36-,37+,38-/m0/s1. The van der Waals surface area contributed by atoms with E-state index in [1.807, 2.05) is 69.5 Å². The van der Waals surface area contributed by atoms with Crippen LogP contribution in [-0.4, -0.2) is 111 Å². The number of methoxy groups -OCH3 is 1. The summed E-state index contributed by atoms with van der Waals surface area (Å²) in [5.41, 5.74) is 4.08. The number of hydrogen-bond acceptors (Lipinski definition) is 9. The van der Waals surface area contributed by atoms with Crippen molar-refractivity contribution in [3.05, 3.63) is 47.5 Å². The maximum absolute atomic E-state index is 14.3. The fourth-order valence-corrected chi connectivity index (χ4v) is 9.28. The van der Waals surface area contributed by atoms with E-state index < -0.39 is 24.2 Å². The van der Waals surface area contributed by atoms with Crippen LogP contribution < -0.4 is 20.3 Å². The van der Waals surface area contributed by atoms with Gasteiger partial charge < -0.3 is 35.4 Å². The molecule has 4 aliphatic rings. The Morgan fingerprint density at radius 3 is 2.40 bits per heavy atom. The maximum Gasteiger partial charge on any atom is 0.251 e. The molecule has 10 atom stereocenters. The van der Waals surface area contributed by atoms with Gasteiger partial charge in [-0.05, 0) is 86.7 Å². The van der Waals surface area contributed by atoms with Crippen molar-refractivity contribution in [1.82, 2.24) is 20.6 Å². The molecule has 294 valence electrons. The molecule has 3 aliphatic carbocycles. The summed E-state index contributed by atoms with van der Waals surface area (Å²) in [6, 6.07) is 10.9. The average Bonchev–Trinajstić information content (AvgIpc) is 3.49. The van der Waals surface area contributed by atoms with E-state index in [9.17, 15) is 19.8 Å². The van der Waals surface area contributed by atoms with Crippen LogP contribution in [0, 0.1) is 35.0 Å². The molecular formula is C42H65N5O6. The number of likely N-dealkylation sites (N-methyl/N-ethyl adjacent to an activating group) is 1. The number of hydroxylamine groups is 2. The predicted octanol–water partition coefficient (Wildman–Crippen LogP) is 4.79. The number of anilines is 1. The quantitative estimate of drug-likeness (QED) is 0.204. The van der Waals surface area contributed by atoms with E-state index in [4.69, 9.17) is 9.57 Å². The number of rotatable bonds is 15. The lowest BCUT2D eigenvalue weighted by Crippen LogP contribution is -2.62. The van der Waals surface area contributed by atoms with Gasteiger partial charge in [0, 0.05) is 61.0 Å². The highest BCUT2D eigenvalue weighted by molar-refractivity contribution is 5.97. The Balaban J connectivity index is 1.45. The van der Waals surface area contributed by atoms with E-state index in [0.29, 0.717) is 35.0 Å². The first-order valence-corrected chi connectivity index (χ1v) is 19.5. The molecule has 3 saturated carbocycles. The van der Waals surface area contributed by atoms with E-state index in [-0.39, 0.29) is 42.5 Å². The highest BCUT2D eigenvalue weighted by Crippen LogP contribution is 2.61. The number of para-hydroxylation sites is 1. The van der Waals surface area contributed by atoms with Crippen molar-refractivity contribution in [3.8, 4) is 16.9 Å². The van der Waals surface area contributed by atoms with Gasteiger partial charge in [-0.15, -0.1) is 0 Å². The fourth-order valence-electron chi connectivity index (χ4n) is 9.28. The molecule has 0 unspecified atom stereocenters. The third-order valence-corrected chi connectivity index (χ3v) is 12.9. The van der Waals surface area contributed by atoms with E-state index >= 15 is 0 Å². The normalized spacial score (nSPS) is 28.2. The third-order valence-electron chi connectivity index (χ3n) is 12.9. The largest absolute Gasteiger partial charge is 0.496 e. The summed E-state index contributed by atoms with van der Waals surface area (Å²) in [6.45, 7) is 13.4. The number of carbonyl (C=O) groups excluding carboxylic acids is 2. The average molecular weight is 736 g/mol. The number of amides is 2. The summed E-state index contributed by atoms with van der Waals surface area (Å²) >= 11 is 0. The van der Waals surface area contributed by atoms with Gasteiger partial charge in [-0.2, -0.15) is 5.06 Å². The zero-order chi connectivity index (χ0) is 38.9. The molecule has 1 heterocycles. The van der Waals surface area contributed by atoms with Crippen molar-refractivity contribution in [2.24, 2.45) is 35.0 Å². The van der Waals surface area contributed by atoms with Gasteiger partial charge in [-0.25, -0.2) is 0 Å². The number of ether oxygens (including phenoxy) is 1. The van der Waals surface area contributed by atoms with Gasteiger partial charge >= 0.3 is 0 Å². The Morgan fingerprint density at radius 2 is 1.83 bits per heavy atom. The summed E-state index contributed by atoms with van der Waals surface area (Å²) in [5.74, 6) is 1.40. The topological polar surface area (TPSA) is 127 Å². The van der Waals surface area contributed by atoms with Gasteiger partial charge in [0.25, 0.3) is 5.91 Å². The molecule has 11 nitrogen and oxygen atoms in total. The van der Waals surface area contributed by atoms with Gasteiger partial charge in [0.05, 0.1) is 26.4 Å². The number of benzene rings is 2. The molecule has 4 N–H and O–H groups in total. The van der Waals surface area contributed by atoms with Crippen molar-refractivity contribution >= 4 is 17.5 Å². The molecule has 2 amide bonds. The second-order valence-corrected chi connectivity index (χ2v) is 17.1. The molecule has 2 bridgehead atoms. The number of hydrogen-bond donors (Lipinski definition) is 4. The second-order valence-electron chi connectivity index (χ2n) is 17.1. The second kappa shape index (κ2) is 16.7. The minimum atomic E-state index is -0.895. The molecule has 2 aromatic rings. The maximum atomic E-state index is 14.3. The molecular weight excluding hydrogens is 670 g/mol. The molecule has 1 saturated heterocycles. The fraction of sp³-hybridized carbons (Fsp3) is 0.667. The minimum Gasteiger partial charge on any atom is -0.496 e. The number of aliphatic hydroxyl groups is 2. The molecule has 0 aromatic heterocycles. The molecule has 4 fully saturated rings. The summed E-state index contributed by atoms with van der Waals surface area (Å²) in [5, 5.41) is 29.6. The zero-order valence-electron chi connectivity index (χ0n) is 33.8. The van der Waals surface area contributed by atoms with Crippen LogP contribution in [0.4, 0.5) is 5.69 Å². The first-order chi connectivity index (χ1) is 25.0. The van der Waals surface area contributed by atoms with Crippen LogP contribution in [-0.2, 0) is 16.2 Å². The van der Waals surface area contributed by atoms with Crippen LogP contribution in [0.2, 0.25) is 0 Å². The summed E-state index contributed by atoms with van der Waals surface area (Å²) in [6.07, 6.45) is 1.44. The minimum absolute atomic E-state index is 0.00972. The lowest BCUT2D eigenvalue weighted by Gasteiger charge is -2.62. The van der Waals surface area contributed by atoms with Crippen LogP contribution in [0.5, 0.6) is 5.75 Å². The lowest BCUT2D eigenvalue weighted by molar-refractivity contribution is -0.183. The van der Waals surface area contributed by atoms with Gasteiger partial charge in [0.1, 0.15) is 17.9 Å². The van der Waals surface area contributed by atoms with Crippen molar-refractivity contribution in [2.75, 3.05) is 53.4 Å². The number of carbonyl (C=O) groups is 2. The van der Waals surface area contributed by atoms with E-state index in [0.717, 1.165) is 41.8 Å². The summed E-state index contributed by atoms with van der Waals surface area (Å²) in [7, 11) is 9.55. The zero-order valence-corrected chi connectivity index (χ0v) is 33.8. The monoisotopic (exact) mass is 735 g/mol. The van der Waals surface area contributed by atoms with Crippen molar-refractivity contribution < 1.29 is 29.4 Å². The van der Waals surface area contributed by atoms with Crippen LogP contribution in [0.3, 0.4) is 0 Å². The Morgan fingerprint density at radius 1 is 1.11 bits per heavy atom. The highest BCUT2D eigenvalue weighted by Gasteiger charge is 2.57. The third kappa shape index (κ3) is 8.39. The molecule has 1 aliphatic heterocycles.